The van der Waals surface area contributed by atoms with E-state index in [9.17, 15) is 0 Å². The molecule has 0 amide bonds. The first-order chi connectivity index (χ1) is 11.4. The molecular formula is C16H13NO4S2. The second-order valence-electron chi connectivity index (χ2n) is 5.20. The molecule has 0 fully saturated rings. The van der Waals surface area contributed by atoms with E-state index < -0.39 is 0 Å². The number of fused-ring (bicyclic) bond motifs is 2. The molecule has 3 aromatic rings. The fourth-order valence-corrected chi connectivity index (χ4v) is 4.58. The first kappa shape index (κ1) is 13.3. The standard InChI is InChI=1S/C16H13NO4S2/c1-2-10(16-14-12(8-23-16)19-4-6-21-14)17-9(1)15-13-11(7-22-15)18-3-5-20-13/h1-2,7-8,17H,3-6H2. The second-order valence-corrected chi connectivity index (χ2v) is 6.96. The molecule has 23 heavy (non-hydrogen) atoms. The summed E-state index contributed by atoms with van der Waals surface area (Å²) in [6, 6.07) is 4.13. The van der Waals surface area contributed by atoms with Gasteiger partial charge in [0.05, 0.1) is 21.1 Å². The molecule has 3 aromatic heterocycles. The van der Waals surface area contributed by atoms with Crippen molar-refractivity contribution in [1.29, 1.82) is 0 Å². The van der Waals surface area contributed by atoms with Crippen molar-refractivity contribution in [2.45, 2.75) is 0 Å². The van der Waals surface area contributed by atoms with Crippen molar-refractivity contribution >= 4 is 22.7 Å². The summed E-state index contributed by atoms with van der Waals surface area (Å²) in [7, 11) is 0. The Labute approximate surface area is 140 Å². The van der Waals surface area contributed by atoms with E-state index in [0.29, 0.717) is 26.4 Å². The Morgan fingerprint density at radius 2 is 1.17 bits per heavy atom. The van der Waals surface area contributed by atoms with Crippen molar-refractivity contribution in [1.82, 2.24) is 4.98 Å². The molecule has 0 radical (unpaired) electrons. The van der Waals surface area contributed by atoms with E-state index >= 15 is 0 Å². The van der Waals surface area contributed by atoms with Gasteiger partial charge in [-0.15, -0.1) is 22.7 Å². The normalized spacial score (nSPS) is 15.7. The zero-order valence-corrected chi connectivity index (χ0v) is 13.7. The first-order valence-corrected chi connectivity index (χ1v) is 9.10. The van der Waals surface area contributed by atoms with Gasteiger partial charge in [-0.05, 0) is 12.1 Å². The third-order valence-corrected chi connectivity index (χ3v) is 5.72. The lowest BCUT2D eigenvalue weighted by Crippen LogP contribution is -2.14. The van der Waals surface area contributed by atoms with E-state index in [0.717, 1.165) is 44.1 Å². The van der Waals surface area contributed by atoms with Crippen molar-refractivity contribution in [3.05, 3.63) is 22.9 Å². The predicted molar refractivity (Wildman–Crippen MR) is 89.4 cm³/mol. The second kappa shape index (κ2) is 5.21. The summed E-state index contributed by atoms with van der Waals surface area (Å²) in [5.41, 5.74) is 2.05. The molecule has 0 saturated carbocycles. The maximum Gasteiger partial charge on any atom is 0.181 e. The lowest BCUT2D eigenvalue weighted by atomic mass is 10.3. The highest BCUT2D eigenvalue weighted by molar-refractivity contribution is 7.14. The molecule has 0 aliphatic carbocycles. The van der Waals surface area contributed by atoms with Crippen LogP contribution in [-0.2, 0) is 0 Å². The van der Waals surface area contributed by atoms with Crippen LogP contribution in [0.3, 0.4) is 0 Å². The monoisotopic (exact) mass is 347 g/mol. The number of ether oxygens (including phenoxy) is 4. The zero-order valence-electron chi connectivity index (χ0n) is 12.1. The highest BCUT2D eigenvalue weighted by Gasteiger charge is 2.23. The third kappa shape index (κ3) is 2.11. The molecule has 118 valence electrons. The molecule has 0 bridgehead atoms. The van der Waals surface area contributed by atoms with Gasteiger partial charge in [-0.1, -0.05) is 0 Å². The minimum atomic E-state index is 0.591. The number of aromatic amines is 1. The number of hydrogen-bond acceptors (Lipinski definition) is 6. The summed E-state index contributed by atoms with van der Waals surface area (Å²) in [6.45, 7) is 2.40. The van der Waals surface area contributed by atoms with Crippen LogP contribution in [0.2, 0.25) is 0 Å². The molecule has 5 nitrogen and oxygen atoms in total. The van der Waals surface area contributed by atoms with Crippen LogP contribution < -0.4 is 18.9 Å². The van der Waals surface area contributed by atoms with Crippen molar-refractivity contribution in [2.24, 2.45) is 0 Å². The summed E-state index contributed by atoms with van der Waals surface area (Å²) in [4.78, 5) is 5.59. The Morgan fingerprint density at radius 3 is 1.70 bits per heavy atom. The van der Waals surface area contributed by atoms with Crippen molar-refractivity contribution < 1.29 is 18.9 Å². The Balaban J connectivity index is 1.54. The van der Waals surface area contributed by atoms with Crippen molar-refractivity contribution in [3.63, 3.8) is 0 Å². The van der Waals surface area contributed by atoms with Gasteiger partial charge in [0.25, 0.3) is 0 Å². The lowest BCUT2D eigenvalue weighted by Gasteiger charge is -2.16. The fraction of sp³-hybridized carbons (Fsp3) is 0.250. The summed E-state index contributed by atoms with van der Waals surface area (Å²) >= 11 is 3.25. The molecule has 7 heteroatoms. The number of nitrogens with one attached hydrogen (secondary N) is 1. The van der Waals surface area contributed by atoms with Crippen LogP contribution in [0.4, 0.5) is 0 Å². The van der Waals surface area contributed by atoms with Gasteiger partial charge in [-0.2, -0.15) is 0 Å². The highest BCUT2D eigenvalue weighted by atomic mass is 32.1. The Bertz CT molecular complexity index is 795. The van der Waals surface area contributed by atoms with E-state index in [4.69, 9.17) is 18.9 Å². The average Bonchev–Trinajstić information content (AvgIpc) is 3.31. The summed E-state index contributed by atoms with van der Waals surface area (Å²) in [5, 5.41) is 3.99. The van der Waals surface area contributed by atoms with Gasteiger partial charge in [-0.3, -0.25) is 0 Å². The molecule has 0 unspecified atom stereocenters. The van der Waals surface area contributed by atoms with E-state index in [1.807, 2.05) is 10.8 Å². The zero-order chi connectivity index (χ0) is 15.2. The molecule has 1 N–H and O–H groups in total. The highest BCUT2D eigenvalue weighted by Crippen LogP contribution is 2.48. The molecule has 5 rings (SSSR count). The average molecular weight is 347 g/mol. The van der Waals surface area contributed by atoms with Gasteiger partial charge in [0.15, 0.2) is 23.0 Å². The van der Waals surface area contributed by atoms with E-state index in [1.165, 1.54) is 0 Å². The number of H-pyrrole nitrogens is 1. The molecule has 0 saturated heterocycles. The maximum absolute atomic E-state index is 5.76. The van der Waals surface area contributed by atoms with Gasteiger partial charge < -0.3 is 23.9 Å². The van der Waals surface area contributed by atoms with Gasteiger partial charge >= 0.3 is 0 Å². The van der Waals surface area contributed by atoms with E-state index in [-0.39, 0.29) is 0 Å². The quantitative estimate of drug-likeness (QED) is 0.761. The van der Waals surface area contributed by atoms with Gasteiger partial charge in [0, 0.05) is 10.8 Å². The van der Waals surface area contributed by atoms with Gasteiger partial charge in [0.2, 0.25) is 0 Å². The number of hydrogen-bond donors (Lipinski definition) is 1. The summed E-state index contributed by atoms with van der Waals surface area (Å²) < 4.78 is 22.8. The molecule has 0 spiro atoms. The lowest BCUT2D eigenvalue weighted by molar-refractivity contribution is 0.174. The van der Waals surface area contributed by atoms with Crippen molar-refractivity contribution in [2.75, 3.05) is 26.4 Å². The molecule has 0 atom stereocenters. The van der Waals surface area contributed by atoms with Crippen LogP contribution in [0.1, 0.15) is 0 Å². The number of aromatic nitrogens is 1. The fourth-order valence-electron chi connectivity index (χ4n) is 2.76. The molecular weight excluding hydrogens is 334 g/mol. The third-order valence-electron chi connectivity index (χ3n) is 3.78. The van der Waals surface area contributed by atoms with Gasteiger partial charge in [-0.25, -0.2) is 0 Å². The van der Waals surface area contributed by atoms with E-state index in [2.05, 4.69) is 17.1 Å². The van der Waals surface area contributed by atoms with Crippen molar-refractivity contribution in [3.8, 4) is 44.1 Å². The smallest absolute Gasteiger partial charge is 0.181 e. The SMILES string of the molecule is c1cc(-c2scc3c2OCCO3)[nH]c1-c1scc2c1OCCO2. The van der Waals surface area contributed by atoms with Crippen LogP contribution in [0.15, 0.2) is 22.9 Å². The Morgan fingerprint density at radius 1 is 0.696 bits per heavy atom. The van der Waals surface area contributed by atoms with Crippen LogP contribution >= 0.6 is 22.7 Å². The van der Waals surface area contributed by atoms with Crippen LogP contribution in [0, 0.1) is 0 Å². The first-order valence-electron chi connectivity index (χ1n) is 7.34. The summed E-state index contributed by atoms with van der Waals surface area (Å²) in [5.74, 6) is 3.33. The molecule has 0 aromatic carbocycles. The topological polar surface area (TPSA) is 52.7 Å². The minimum absolute atomic E-state index is 0.591. The van der Waals surface area contributed by atoms with Crippen LogP contribution in [0.5, 0.6) is 23.0 Å². The minimum Gasteiger partial charge on any atom is -0.485 e. The van der Waals surface area contributed by atoms with Crippen LogP contribution in [-0.4, -0.2) is 31.4 Å². The molecule has 2 aliphatic heterocycles. The number of rotatable bonds is 2. The largest absolute Gasteiger partial charge is 0.485 e. The van der Waals surface area contributed by atoms with Crippen LogP contribution in [0.25, 0.3) is 21.1 Å². The Hall–Kier alpha value is -2.12. The molecule has 5 heterocycles. The maximum atomic E-state index is 5.76. The Kier molecular flexibility index (Phi) is 3.02. The number of thiophene rings is 2. The van der Waals surface area contributed by atoms with Gasteiger partial charge in [0.1, 0.15) is 26.4 Å². The summed E-state index contributed by atoms with van der Waals surface area (Å²) in [6.07, 6.45) is 0. The van der Waals surface area contributed by atoms with E-state index in [1.54, 1.807) is 22.7 Å². The predicted octanol–water partition coefficient (Wildman–Crippen LogP) is 4.01. The molecule has 2 aliphatic rings.